The predicted molar refractivity (Wildman–Crippen MR) is 58.9 cm³/mol. The minimum atomic E-state index is -0.750. The molecule has 0 amide bonds. The molecule has 0 aromatic carbocycles. The summed E-state index contributed by atoms with van der Waals surface area (Å²) in [6.45, 7) is 3.43. The molecular weight excluding hydrogens is 265 g/mol. The quantitative estimate of drug-likeness (QED) is 0.649. The largest absolute Gasteiger partial charge is 0.300 e. The summed E-state index contributed by atoms with van der Waals surface area (Å²) in [6, 6.07) is 0. The molecule has 0 radical (unpaired) electrons. The Morgan fingerprint density at radius 3 is 1.33 bits per heavy atom. The van der Waals surface area contributed by atoms with Crippen LogP contribution in [0.5, 0.6) is 0 Å². The van der Waals surface area contributed by atoms with Crippen LogP contribution in [-0.4, -0.2) is 15.4 Å². The topological polar surface area (TPSA) is 17.1 Å². The number of carbonyl (C=O) groups is 1. The van der Waals surface area contributed by atoms with E-state index in [0.717, 1.165) is 0 Å². The smallest absolute Gasteiger partial charge is 0.180 e. The van der Waals surface area contributed by atoms with Crippen molar-refractivity contribution in [3.8, 4) is 0 Å². The van der Waals surface area contributed by atoms with Crippen LogP contribution < -0.4 is 0 Å². The van der Waals surface area contributed by atoms with Gasteiger partial charge >= 0.3 is 0 Å². The Balaban J connectivity index is -0.000000105. The first-order chi connectivity index (χ1) is 5.42. The van der Waals surface area contributed by atoms with Crippen LogP contribution in [0.15, 0.2) is 0 Å². The van der Waals surface area contributed by atoms with E-state index in [0.29, 0.717) is 6.42 Å². The third-order valence-electron chi connectivity index (χ3n) is 0.498. The maximum Gasteiger partial charge on any atom is 0.180 e. The van der Waals surface area contributed by atoms with Gasteiger partial charge in [0.15, 0.2) is 4.30 Å². The Kier molecular flexibility index (Phi) is 28.3. The van der Waals surface area contributed by atoms with Gasteiger partial charge in [0, 0.05) is 6.42 Å². The monoisotopic (exact) mass is 274 g/mol. The van der Waals surface area contributed by atoms with Gasteiger partial charge in [-0.3, -0.25) is 0 Å². The van der Waals surface area contributed by atoms with Crippen LogP contribution in [0.2, 0.25) is 0 Å². The number of Topliss-reactive ketones (excluding diaryl/α,β-unsaturated/α-hetero) is 1. The molecule has 0 aliphatic rings. The molecule has 0 unspecified atom stereocenters. The van der Waals surface area contributed by atoms with E-state index in [4.69, 9.17) is 58.0 Å². The predicted octanol–water partition coefficient (Wildman–Crippen LogP) is 4.39. The van der Waals surface area contributed by atoms with Gasteiger partial charge in [-0.2, -0.15) is 0 Å². The first-order valence-electron chi connectivity index (χ1n) is 2.95. The van der Waals surface area contributed by atoms with Crippen molar-refractivity contribution in [3.05, 3.63) is 0 Å². The lowest BCUT2D eigenvalue weighted by Crippen LogP contribution is -1.80. The number of hydrogen-bond donors (Lipinski definition) is 0. The van der Waals surface area contributed by atoms with E-state index >= 15 is 0 Å². The van der Waals surface area contributed by atoms with Crippen LogP contribution >= 0.6 is 58.0 Å². The average molecular weight is 276 g/mol. The molecule has 0 aliphatic heterocycles. The Morgan fingerprint density at radius 1 is 1.25 bits per heavy atom. The van der Waals surface area contributed by atoms with Crippen LogP contribution in [0.25, 0.3) is 0 Å². The van der Waals surface area contributed by atoms with Gasteiger partial charge in [0.2, 0.25) is 0 Å². The van der Waals surface area contributed by atoms with E-state index in [-0.39, 0.29) is 11.1 Å². The number of ketones is 1. The lowest BCUT2D eigenvalue weighted by molar-refractivity contribution is -0.116. The van der Waals surface area contributed by atoms with E-state index in [1.807, 2.05) is 6.92 Å². The van der Waals surface area contributed by atoms with E-state index in [1.165, 1.54) is 0 Å². The lowest BCUT2D eigenvalue weighted by Gasteiger charge is -1.71. The summed E-state index contributed by atoms with van der Waals surface area (Å²) in [5.74, 6) is 0.255. The van der Waals surface area contributed by atoms with Gasteiger partial charge in [-0.1, -0.05) is 41.7 Å². The van der Waals surface area contributed by atoms with Crippen molar-refractivity contribution in [1.82, 2.24) is 0 Å². The van der Waals surface area contributed by atoms with Crippen LogP contribution in [-0.2, 0) is 4.79 Å². The van der Waals surface area contributed by atoms with Crippen LogP contribution in [0, 0.1) is 0 Å². The minimum Gasteiger partial charge on any atom is -0.300 e. The molecular formula is C6H11Cl5O. The molecule has 0 rings (SSSR count). The number of hydrogen-bond acceptors (Lipinski definition) is 1. The Hall–Kier alpha value is 1.12. The molecule has 76 valence electrons. The fraction of sp³-hybridized carbons (Fsp3) is 0.833. The van der Waals surface area contributed by atoms with Gasteiger partial charge < -0.3 is 4.79 Å². The van der Waals surface area contributed by atoms with Gasteiger partial charge in [-0.05, 0) is 6.92 Å². The van der Waals surface area contributed by atoms with Crippen molar-refractivity contribution in [2.45, 2.75) is 24.6 Å². The molecule has 0 saturated carbocycles. The molecule has 0 fully saturated rings. The van der Waals surface area contributed by atoms with Gasteiger partial charge in [0.05, 0.1) is 5.34 Å². The summed E-state index contributed by atoms with van der Waals surface area (Å²) < 4.78 is -0.750. The maximum absolute atomic E-state index is 9.81. The van der Waals surface area contributed by atoms with E-state index < -0.39 is 4.30 Å². The van der Waals surface area contributed by atoms with Crippen molar-refractivity contribution in [2.24, 2.45) is 0 Å². The number of carbonyl (C=O) groups excluding carboxylic acids is 1. The number of rotatable bonds is 1. The van der Waals surface area contributed by atoms with Crippen molar-refractivity contribution < 1.29 is 4.79 Å². The third-order valence-corrected chi connectivity index (χ3v) is 0.498. The highest BCUT2D eigenvalue weighted by atomic mass is 35.6. The van der Waals surface area contributed by atoms with Crippen molar-refractivity contribution >= 4 is 63.8 Å². The van der Waals surface area contributed by atoms with Crippen LogP contribution in [0.1, 0.15) is 20.3 Å². The maximum atomic E-state index is 9.81. The third kappa shape index (κ3) is 117. The van der Waals surface area contributed by atoms with Gasteiger partial charge in [-0.15, -0.1) is 23.2 Å². The molecule has 1 nitrogen and oxygen atoms in total. The summed E-state index contributed by atoms with van der Waals surface area (Å²) in [5.41, 5.74) is 0. The standard InChI is InChI=1S/C4H8O.CHCl3.CH2Cl2/c1-3-4(2)5;2-1(3)4;2-1-3/h3H2,1-2H3;1H;1H2. The van der Waals surface area contributed by atoms with Gasteiger partial charge in [-0.25, -0.2) is 0 Å². The lowest BCUT2D eigenvalue weighted by atomic mass is 10.4. The zero-order chi connectivity index (χ0) is 10.6. The molecule has 0 N–H and O–H groups in total. The number of alkyl halides is 5. The molecule has 12 heavy (non-hydrogen) atoms. The van der Waals surface area contributed by atoms with Crippen molar-refractivity contribution in [3.63, 3.8) is 0 Å². The SMILES string of the molecule is CCC(C)=O.ClC(Cl)Cl.ClCCl. The minimum absolute atomic E-state index is 0.194. The van der Waals surface area contributed by atoms with Crippen LogP contribution in [0.4, 0.5) is 0 Å². The normalized spacial score (nSPS) is 7.67. The average Bonchev–Trinajstić information content (AvgIpc) is 1.88. The molecule has 0 saturated heterocycles. The summed E-state index contributed by atoms with van der Waals surface area (Å²) in [7, 11) is 0. The molecule has 0 aromatic heterocycles. The molecule has 0 atom stereocenters. The molecule has 6 heteroatoms. The highest BCUT2D eigenvalue weighted by Crippen LogP contribution is 2.03. The zero-order valence-corrected chi connectivity index (χ0v) is 10.6. The summed E-state index contributed by atoms with van der Waals surface area (Å²) in [4.78, 5) is 9.81. The Morgan fingerprint density at radius 2 is 1.33 bits per heavy atom. The van der Waals surface area contributed by atoms with Crippen molar-refractivity contribution in [1.29, 1.82) is 0 Å². The summed E-state index contributed by atoms with van der Waals surface area (Å²) in [6.07, 6.45) is 0.667. The summed E-state index contributed by atoms with van der Waals surface area (Å²) in [5, 5.41) is 0.194. The molecule has 0 aromatic rings. The second kappa shape index (κ2) is 18.0. The summed E-state index contributed by atoms with van der Waals surface area (Å²) >= 11 is 23.9. The molecule has 0 heterocycles. The second-order valence-corrected chi connectivity index (χ2v) is 4.19. The fourth-order valence-electron chi connectivity index (χ4n) is 0. The van der Waals surface area contributed by atoms with Gasteiger partial charge in [0.1, 0.15) is 5.78 Å². The van der Waals surface area contributed by atoms with E-state index in [1.54, 1.807) is 6.92 Å². The zero-order valence-electron chi connectivity index (χ0n) is 6.79. The van der Waals surface area contributed by atoms with Gasteiger partial charge in [0.25, 0.3) is 0 Å². The highest BCUT2D eigenvalue weighted by molar-refractivity contribution is 6.63. The molecule has 0 aliphatic carbocycles. The first-order valence-corrected chi connectivity index (χ1v) is 5.33. The van der Waals surface area contributed by atoms with E-state index in [9.17, 15) is 4.79 Å². The second-order valence-electron chi connectivity index (χ2n) is 1.40. The molecule has 0 spiro atoms. The Bertz CT molecular complexity index is 83.3. The number of halogens is 5. The van der Waals surface area contributed by atoms with E-state index in [2.05, 4.69) is 0 Å². The highest BCUT2D eigenvalue weighted by Gasteiger charge is 1.79. The van der Waals surface area contributed by atoms with Crippen molar-refractivity contribution in [2.75, 3.05) is 5.34 Å². The van der Waals surface area contributed by atoms with Crippen LogP contribution in [0.3, 0.4) is 0 Å². The molecule has 0 bridgehead atoms. The first kappa shape index (κ1) is 18.8. The fourth-order valence-corrected chi connectivity index (χ4v) is 0. The Labute approximate surface area is 98.3 Å².